The van der Waals surface area contributed by atoms with Crippen LogP contribution in [-0.2, 0) is 12.5 Å². The third kappa shape index (κ3) is 6.08. The first-order valence-electron chi connectivity index (χ1n) is 11.5. The summed E-state index contributed by atoms with van der Waals surface area (Å²) < 4.78 is 133. The first-order chi connectivity index (χ1) is 18.9. The van der Waals surface area contributed by atoms with Gasteiger partial charge >= 0.3 is 18.2 Å². The molecule has 0 amide bonds. The molecule has 0 heterocycles. The monoisotopic (exact) mass is 568 g/mol. The standard InChI is InChI=1S/C29H17F9O2/c1-2-15-3-5-16(6-4-15)17-7-9-20(21(30)11-17)18-12-23(32)26(24(33)13-18)29(37,38)40-19-8-10-25(22(31)14-19)39-28(36)27(34)35/h3-14H,2H2,1H3. The molecule has 0 N–H and O–H groups in total. The van der Waals surface area contributed by atoms with Gasteiger partial charge in [0.25, 0.3) is 0 Å². The zero-order valence-electron chi connectivity index (χ0n) is 20.4. The zero-order chi connectivity index (χ0) is 29.2. The van der Waals surface area contributed by atoms with E-state index in [4.69, 9.17) is 0 Å². The van der Waals surface area contributed by atoms with Crippen LogP contribution in [0.3, 0.4) is 0 Å². The van der Waals surface area contributed by atoms with E-state index in [0.717, 1.165) is 18.1 Å². The molecule has 0 aliphatic heterocycles. The molecule has 11 heteroatoms. The molecule has 4 aromatic carbocycles. The van der Waals surface area contributed by atoms with Gasteiger partial charge in [0.15, 0.2) is 11.6 Å². The normalized spacial score (nSPS) is 11.3. The van der Waals surface area contributed by atoms with E-state index in [1.165, 1.54) is 12.1 Å². The molecule has 0 saturated heterocycles. The maximum Gasteiger partial charge on any atom is 0.432 e. The minimum absolute atomic E-state index is 0.212. The summed E-state index contributed by atoms with van der Waals surface area (Å²) in [4.78, 5) is 0. The minimum atomic E-state index is -4.70. The number of ether oxygens (including phenoxy) is 2. The maximum absolute atomic E-state index is 14.9. The Morgan fingerprint density at radius 1 is 0.675 bits per heavy atom. The Kier molecular flexibility index (Phi) is 8.13. The molecule has 4 rings (SSSR count). The summed E-state index contributed by atoms with van der Waals surface area (Å²) in [6.07, 6.45) is -6.78. The third-order valence-electron chi connectivity index (χ3n) is 5.81. The zero-order valence-corrected chi connectivity index (χ0v) is 20.4. The van der Waals surface area contributed by atoms with Gasteiger partial charge in [0.1, 0.15) is 28.8 Å². The lowest BCUT2D eigenvalue weighted by molar-refractivity contribution is -0.189. The van der Waals surface area contributed by atoms with Crippen LogP contribution >= 0.6 is 0 Å². The molecule has 208 valence electrons. The summed E-state index contributed by atoms with van der Waals surface area (Å²) in [7, 11) is 0. The van der Waals surface area contributed by atoms with Gasteiger partial charge in [0.2, 0.25) is 0 Å². The molecule has 0 atom stereocenters. The topological polar surface area (TPSA) is 18.5 Å². The van der Waals surface area contributed by atoms with Crippen LogP contribution in [0, 0.1) is 23.3 Å². The molecule has 40 heavy (non-hydrogen) atoms. The van der Waals surface area contributed by atoms with E-state index in [2.05, 4.69) is 9.47 Å². The van der Waals surface area contributed by atoms with E-state index in [1.54, 1.807) is 12.1 Å². The molecule has 0 unspecified atom stereocenters. The number of hydrogen-bond acceptors (Lipinski definition) is 2. The Balaban J connectivity index is 1.59. The third-order valence-corrected chi connectivity index (χ3v) is 5.81. The highest BCUT2D eigenvalue weighted by Crippen LogP contribution is 2.39. The van der Waals surface area contributed by atoms with E-state index >= 15 is 0 Å². The summed E-state index contributed by atoms with van der Waals surface area (Å²) in [5.41, 5.74) is -0.229. The van der Waals surface area contributed by atoms with E-state index in [-0.39, 0.29) is 17.2 Å². The lowest BCUT2D eigenvalue weighted by atomic mass is 9.97. The van der Waals surface area contributed by atoms with E-state index in [9.17, 15) is 39.5 Å². The van der Waals surface area contributed by atoms with E-state index in [0.29, 0.717) is 35.4 Å². The highest BCUT2D eigenvalue weighted by Gasteiger charge is 2.41. The van der Waals surface area contributed by atoms with Crippen LogP contribution in [0.1, 0.15) is 18.1 Å². The summed E-state index contributed by atoms with van der Waals surface area (Å²) >= 11 is 0. The van der Waals surface area contributed by atoms with Gasteiger partial charge in [-0.3, -0.25) is 0 Å². The Hall–Kier alpha value is -4.41. The number of benzene rings is 4. The second kappa shape index (κ2) is 11.4. The maximum atomic E-state index is 14.9. The van der Waals surface area contributed by atoms with Crippen molar-refractivity contribution in [1.29, 1.82) is 0 Å². The fourth-order valence-electron chi connectivity index (χ4n) is 3.83. The van der Waals surface area contributed by atoms with Crippen LogP contribution in [0.5, 0.6) is 11.5 Å². The Bertz CT molecular complexity index is 1550. The Labute approximate surface area is 221 Å². The van der Waals surface area contributed by atoms with Crippen LogP contribution in [0.15, 0.2) is 84.9 Å². The molecule has 0 radical (unpaired) electrons. The number of alkyl halides is 2. The lowest BCUT2D eigenvalue weighted by Crippen LogP contribution is -2.25. The van der Waals surface area contributed by atoms with E-state index in [1.807, 2.05) is 19.1 Å². The Morgan fingerprint density at radius 2 is 1.27 bits per heavy atom. The van der Waals surface area contributed by atoms with Crippen LogP contribution in [0.2, 0.25) is 0 Å². The fourth-order valence-corrected chi connectivity index (χ4v) is 3.83. The average molecular weight is 568 g/mol. The molecular formula is C29H17F9O2. The van der Waals surface area contributed by atoms with Crippen LogP contribution in [-0.4, -0.2) is 0 Å². The van der Waals surface area contributed by atoms with Gasteiger partial charge in [0.05, 0.1) is 0 Å². The van der Waals surface area contributed by atoms with Crippen molar-refractivity contribution in [3.63, 3.8) is 0 Å². The summed E-state index contributed by atoms with van der Waals surface area (Å²) in [6.45, 7) is 1.98. The van der Waals surface area contributed by atoms with Crippen molar-refractivity contribution < 1.29 is 49.0 Å². The molecular weight excluding hydrogens is 551 g/mol. The first kappa shape index (κ1) is 28.6. The number of hydrogen-bond donors (Lipinski definition) is 0. The van der Waals surface area contributed by atoms with Crippen molar-refractivity contribution in [1.82, 2.24) is 0 Å². The van der Waals surface area contributed by atoms with Crippen molar-refractivity contribution in [3.8, 4) is 33.8 Å². The SMILES string of the molecule is CCc1ccc(-c2ccc(-c3cc(F)c(C(F)(F)Oc4ccc(OC(F)=C(F)F)c(F)c4)c(F)c3)c(F)c2)cc1. The predicted octanol–water partition coefficient (Wildman–Crippen LogP) is 9.68. The number of aryl methyl sites for hydroxylation is 1. The second-order valence-corrected chi connectivity index (χ2v) is 8.41. The molecule has 0 spiro atoms. The van der Waals surface area contributed by atoms with Gasteiger partial charge in [-0.15, -0.1) is 0 Å². The van der Waals surface area contributed by atoms with Crippen molar-refractivity contribution >= 4 is 0 Å². The van der Waals surface area contributed by atoms with Gasteiger partial charge in [-0.1, -0.05) is 43.3 Å². The van der Waals surface area contributed by atoms with Gasteiger partial charge < -0.3 is 9.47 Å². The molecule has 0 aromatic heterocycles. The van der Waals surface area contributed by atoms with Crippen LogP contribution in [0.4, 0.5) is 39.5 Å². The molecule has 0 saturated carbocycles. The second-order valence-electron chi connectivity index (χ2n) is 8.41. The first-order valence-corrected chi connectivity index (χ1v) is 11.5. The summed E-state index contributed by atoms with van der Waals surface area (Å²) in [5.74, 6) is -8.09. The fraction of sp³-hybridized carbons (Fsp3) is 0.103. The van der Waals surface area contributed by atoms with Crippen molar-refractivity contribution in [2.75, 3.05) is 0 Å². The van der Waals surface area contributed by atoms with Gasteiger partial charge in [0, 0.05) is 11.6 Å². The lowest BCUT2D eigenvalue weighted by Gasteiger charge is -2.20. The highest BCUT2D eigenvalue weighted by molar-refractivity contribution is 5.71. The van der Waals surface area contributed by atoms with Crippen molar-refractivity contribution in [2.24, 2.45) is 0 Å². The molecule has 2 nitrogen and oxygen atoms in total. The largest absolute Gasteiger partial charge is 0.432 e. The summed E-state index contributed by atoms with van der Waals surface area (Å²) in [5, 5.41) is 0. The predicted molar refractivity (Wildman–Crippen MR) is 128 cm³/mol. The van der Waals surface area contributed by atoms with Crippen LogP contribution < -0.4 is 9.47 Å². The van der Waals surface area contributed by atoms with Gasteiger partial charge in [-0.05, 0) is 59.0 Å². The van der Waals surface area contributed by atoms with Crippen molar-refractivity contribution in [3.05, 3.63) is 119 Å². The van der Waals surface area contributed by atoms with E-state index < -0.39 is 58.5 Å². The number of rotatable bonds is 8. The highest BCUT2D eigenvalue weighted by atomic mass is 19.3. The molecule has 0 bridgehead atoms. The van der Waals surface area contributed by atoms with Crippen molar-refractivity contribution in [2.45, 2.75) is 19.5 Å². The average Bonchev–Trinajstić information content (AvgIpc) is 2.89. The molecule has 0 aliphatic carbocycles. The molecule has 4 aromatic rings. The minimum Gasteiger partial charge on any atom is -0.429 e. The van der Waals surface area contributed by atoms with Gasteiger partial charge in [-0.25, -0.2) is 17.6 Å². The quantitative estimate of drug-likeness (QED) is 0.156. The Morgan fingerprint density at radius 3 is 1.82 bits per heavy atom. The molecule has 0 aliphatic rings. The smallest absolute Gasteiger partial charge is 0.429 e. The molecule has 0 fully saturated rings. The summed E-state index contributed by atoms with van der Waals surface area (Å²) in [6, 6.07) is 11.0. The van der Waals surface area contributed by atoms with Crippen LogP contribution in [0.25, 0.3) is 22.3 Å². The number of halogens is 9. The van der Waals surface area contributed by atoms with Gasteiger partial charge in [-0.2, -0.15) is 22.0 Å².